The van der Waals surface area contributed by atoms with Crippen LogP contribution in [0.3, 0.4) is 0 Å². The molecule has 0 aliphatic heterocycles. The first-order valence-electron chi connectivity index (χ1n) is 3.76. The molecule has 0 spiro atoms. The van der Waals surface area contributed by atoms with E-state index >= 15 is 0 Å². The minimum Gasteiger partial charge on any atom is -0.870 e. The summed E-state index contributed by atoms with van der Waals surface area (Å²) in [5.74, 6) is -1.55. The smallest absolute Gasteiger partial charge is 0.335 e. The average Bonchev–Trinajstić information content (AvgIpc) is 2.16. The molecule has 0 aliphatic rings. The van der Waals surface area contributed by atoms with Crippen molar-refractivity contribution in [1.29, 1.82) is 0 Å². The predicted octanol–water partition coefficient (Wildman–Crippen LogP) is 0.476. The van der Waals surface area contributed by atoms with Crippen molar-refractivity contribution in [2.75, 3.05) is 14.2 Å². The second-order valence-electron chi connectivity index (χ2n) is 2.52. The van der Waals surface area contributed by atoms with Gasteiger partial charge in [-0.3, -0.25) is 0 Å². The van der Waals surface area contributed by atoms with Gasteiger partial charge in [0.05, 0.1) is 19.8 Å². The average molecular weight is 197 g/mol. The van der Waals surface area contributed by atoms with E-state index in [4.69, 9.17) is 14.6 Å². The largest absolute Gasteiger partial charge is 0.870 e. The molecule has 1 N–H and O–H groups in total. The van der Waals surface area contributed by atoms with E-state index in [9.17, 15) is 9.90 Å². The Morgan fingerprint density at radius 2 is 2.00 bits per heavy atom. The number of carboxylic acids is 1. The molecular formula is C9H9O5-. The Kier molecular flexibility index (Phi) is 2.81. The van der Waals surface area contributed by atoms with Gasteiger partial charge in [0.15, 0.2) is 11.5 Å². The molecule has 0 aliphatic carbocycles. The number of aromatic carboxylic acids is 1. The van der Waals surface area contributed by atoms with Gasteiger partial charge in [0, 0.05) is 0 Å². The summed E-state index contributed by atoms with van der Waals surface area (Å²) >= 11 is 0. The Morgan fingerprint density at radius 3 is 2.43 bits per heavy atom. The highest BCUT2D eigenvalue weighted by Gasteiger charge is 2.10. The van der Waals surface area contributed by atoms with Crippen molar-refractivity contribution < 1.29 is 24.5 Å². The van der Waals surface area contributed by atoms with Crippen LogP contribution < -0.4 is 14.6 Å². The number of carbonyl (C=O) groups is 1. The monoisotopic (exact) mass is 197 g/mol. The molecule has 1 aromatic carbocycles. The predicted molar refractivity (Wildman–Crippen MR) is 46.0 cm³/mol. The number of ether oxygens (including phenoxy) is 2. The number of carboxylic acid groups (broad SMARTS) is 1. The second kappa shape index (κ2) is 3.87. The summed E-state index contributed by atoms with van der Waals surface area (Å²) in [6.45, 7) is 0. The van der Waals surface area contributed by atoms with Crippen molar-refractivity contribution in [3.8, 4) is 17.2 Å². The van der Waals surface area contributed by atoms with E-state index in [1.807, 2.05) is 0 Å². The van der Waals surface area contributed by atoms with E-state index in [1.54, 1.807) is 0 Å². The van der Waals surface area contributed by atoms with Gasteiger partial charge in [0.2, 0.25) is 0 Å². The molecule has 5 nitrogen and oxygen atoms in total. The van der Waals surface area contributed by atoms with Gasteiger partial charge in [0.1, 0.15) is 0 Å². The maximum atomic E-state index is 11.3. The Morgan fingerprint density at radius 1 is 1.36 bits per heavy atom. The van der Waals surface area contributed by atoms with Crippen LogP contribution in [0.25, 0.3) is 0 Å². The number of hydrogen-bond acceptors (Lipinski definition) is 4. The van der Waals surface area contributed by atoms with Gasteiger partial charge >= 0.3 is 5.97 Å². The molecule has 76 valence electrons. The van der Waals surface area contributed by atoms with Crippen LogP contribution in [0.5, 0.6) is 17.2 Å². The third-order valence-corrected chi connectivity index (χ3v) is 1.69. The van der Waals surface area contributed by atoms with Crippen molar-refractivity contribution in [2.45, 2.75) is 0 Å². The first-order chi connectivity index (χ1) is 6.60. The fraction of sp³-hybridized carbons (Fsp3) is 0.222. The molecule has 5 heteroatoms. The molecule has 0 radical (unpaired) electrons. The maximum Gasteiger partial charge on any atom is 0.335 e. The Labute approximate surface area is 80.5 Å². The molecule has 0 heterocycles. The zero-order valence-corrected chi connectivity index (χ0v) is 7.73. The van der Waals surface area contributed by atoms with Crippen LogP contribution >= 0.6 is 0 Å². The lowest BCUT2D eigenvalue weighted by atomic mass is 10.2. The lowest BCUT2D eigenvalue weighted by molar-refractivity contribution is -0.270. The van der Waals surface area contributed by atoms with E-state index in [2.05, 4.69) is 0 Å². The fourth-order valence-corrected chi connectivity index (χ4v) is 1.05. The molecule has 0 amide bonds. The fourth-order valence-electron chi connectivity index (χ4n) is 1.05. The summed E-state index contributed by atoms with van der Waals surface area (Å²) in [7, 11) is 2.66. The van der Waals surface area contributed by atoms with Crippen molar-refractivity contribution in [1.82, 2.24) is 0 Å². The molecule has 0 fully saturated rings. The maximum absolute atomic E-state index is 11.3. The highest BCUT2D eigenvalue weighted by Crippen LogP contribution is 2.35. The molecular weight excluding hydrogens is 188 g/mol. The van der Waals surface area contributed by atoms with E-state index in [0.29, 0.717) is 0 Å². The van der Waals surface area contributed by atoms with Crippen molar-refractivity contribution in [3.05, 3.63) is 17.7 Å². The third-order valence-electron chi connectivity index (χ3n) is 1.69. The molecule has 1 rings (SSSR count). The van der Waals surface area contributed by atoms with Crippen LogP contribution in [-0.2, 0) is 0 Å². The first-order valence-corrected chi connectivity index (χ1v) is 3.76. The van der Waals surface area contributed by atoms with Gasteiger partial charge < -0.3 is 19.7 Å². The zero-order chi connectivity index (χ0) is 10.7. The summed E-state index contributed by atoms with van der Waals surface area (Å²) in [6.07, 6.45) is 0. The molecule has 0 bridgehead atoms. The molecule has 0 saturated carbocycles. The highest BCUT2D eigenvalue weighted by molar-refractivity contribution is 5.89. The Balaban J connectivity index is 3.31. The van der Waals surface area contributed by atoms with Crippen molar-refractivity contribution in [3.63, 3.8) is 0 Å². The van der Waals surface area contributed by atoms with Crippen LogP contribution in [0.1, 0.15) is 10.4 Å². The van der Waals surface area contributed by atoms with Gasteiger partial charge in [-0.1, -0.05) is 11.8 Å². The minimum absolute atomic E-state index is 0.0116. The van der Waals surface area contributed by atoms with Crippen molar-refractivity contribution in [2.24, 2.45) is 0 Å². The normalized spacial score (nSPS) is 9.57. The molecule has 0 aromatic heterocycles. The van der Waals surface area contributed by atoms with Crippen LogP contribution in [0.4, 0.5) is 0 Å². The van der Waals surface area contributed by atoms with Crippen LogP contribution in [0.2, 0.25) is 0 Å². The summed E-state index contributed by atoms with van der Waals surface area (Å²) in [5, 5.41) is 19.9. The molecule has 0 saturated heterocycles. The lowest BCUT2D eigenvalue weighted by Gasteiger charge is -2.16. The van der Waals surface area contributed by atoms with Crippen LogP contribution in [0.15, 0.2) is 12.1 Å². The summed E-state index contributed by atoms with van der Waals surface area (Å²) in [6, 6.07) is 2.23. The summed E-state index contributed by atoms with van der Waals surface area (Å²) in [4.78, 5) is 10.6. The van der Waals surface area contributed by atoms with E-state index < -0.39 is 11.7 Å². The molecule has 1 aromatic rings. The molecule has 0 unspecified atom stereocenters. The zero-order valence-electron chi connectivity index (χ0n) is 7.73. The molecule has 14 heavy (non-hydrogen) atoms. The van der Waals surface area contributed by atoms with Gasteiger partial charge in [0.25, 0.3) is 0 Å². The topological polar surface area (TPSA) is 78.8 Å². The van der Waals surface area contributed by atoms with Gasteiger partial charge in [-0.15, -0.1) is 0 Å². The number of rotatable bonds is 3. The van der Waals surface area contributed by atoms with Gasteiger partial charge in [-0.25, -0.2) is 4.79 Å². The Bertz CT molecular complexity index is 358. The minimum atomic E-state index is -1.18. The third kappa shape index (κ3) is 1.71. The van der Waals surface area contributed by atoms with Gasteiger partial charge in [-0.05, 0) is 6.07 Å². The van der Waals surface area contributed by atoms with Gasteiger partial charge in [-0.2, -0.15) is 0 Å². The van der Waals surface area contributed by atoms with E-state index in [1.165, 1.54) is 20.3 Å². The standard InChI is InChI=1S/C9H10O5/c1-13-7-4-5(9(11)12)3-6(10)8(7)14-2/h3-4,10H,1-2H3,(H,11,12)/p-1. The molecule has 0 atom stereocenters. The highest BCUT2D eigenvalue weighted by atomic mass is 16.5. The first kappa shape index (κ1) is 10.2. The lowest BCUT2D eigenvalue weighted by Crippen LogP contribution is -2.03. The van der Waals surface area contributed by atoms with Crippen LogP contribution in [0, 0.1) is 0 Å². The van der Waals surface area contributed by atoms with Crippen LogP contribution in [-0.4, -0.2) is 25.3 Å². The SMILES string of the molecule is COc1cc(C(=O)O)cc([O-])c1OC. The Hall–Kier alpha value is -1.91. The quantitative estimate of drug-likeness (QED) is 0.762. The second-order valence-corrected chi connectivity index (χ2v) is 2.52. The van der Waals surface area contributed by atoms with Crippen molar-refractivity contribution >= 4 is 5.97 Å². The number of benzene rings is 1. The number of hydrogen-bond donors (Lipinski definition) is 1. The summed E-state index contributed by atoms with van der Waals surface area (Å²) < 4.78 is 9.59. The van der Waals surface area contributed by atoms with E-state index in [-0.39, 0.29) is 17.1 Å². The number of methoxy groups -OCH3 is 2. The van der Waals surface area contributed by atoms with E-state index in [0.717, 1.165) is 6.07 Å². The summed E-state index contributed by atoms with van der Waals surface area (Å²) in [5.41, 5.74) is -0.118.